The molecule has 136 valence electrons. The average Bonchev–Trinajstić information content (AvgIpc) is 2.68. The lowest BCUT2D eigenvalue weighted by Crippen LogP contribution is -2.45. The van der Waals surface area contributed by atoms with E-state index in [0.29, 0.717) is 13.2 Å². The van der Waals surface area contributed by atoms with E-state index in [2.05, 4.69) is 53.8 Å². The zero-order chi connectivity index (χ0) is 17.8. The molecule has 1 saturated heterocycles. The molecular weight excluding hydrogens is 324 g/mol. The van der Waals surface area contributed by atoms with Crippen molar-refractivity contribution in [3.63, 3.8) is 0 Å². The Bertz CT molecular complexity index is 794. The van der Waals surface area contributed by atoms with Gasteiger partial charge in [0.05, 0.1) is 13.2 Å². The third-order valence-corrected chi connectivity index (χ3v) is 5.47. The molecule has 0 radical (unpaired) electrons. The van der Waals surface area contributed by atoms with Gasteiger partial charge in [0, 0.05) is 31.4 Å². The molecule has 0 atom stereocenters. The van der Waals surface area contributed by atoms with E-state index < -0.39 is 0 Å². The Balaban J connectivity index is 1.62. The fourth-order valence-corrected chi connectivity index (χ4v) is 4.04. The number of para-hydroxylation sites is 1. The lowest BCUT2D eigenvalue weighted by molar-refractivity contribution is 0.0448. The fourth-order valence-electron chi connectivity index (χ4n) is 4.04. The highest BCUT2D eigenvalue weighted by Crippen LogP contribution is 2.41. The monoisotopic (exact) mass is 350 g/mol. The minimum Gasteiger partial charge on any atom is -0.381 e. The first-order valence-corrected chi connectivity index (χ1v) is 9.33. The molecule has 0 aliphatic carbocycles. The molecule has 0 unspecified atom stereocenters. The van der Waals surface area contributed by atoms with Gasteiger partial charge in [0.15, 0.2) is 0 Å². The molecule has 1 spiro atoms. The number of nitrogens with zero attached hydrogens (tertiary/aromatic N) is 1. The van der Waals surface area contributed by atoms with Crippen LogP contribution in [-0.4, -0.2) is 26.2 Å². The quantitative estimate of drug-likeness (QED) is 0.899. The van der Waals surface area contributed by atoms with E-state index in [9.17, 15) is 0 Å². The zero-order valence-corrected chi connectivity index (χ0v) is 15.3. The Morgan fingerprint density at radius 3 is 2.73 bits per heavy atom. The van der Waals surface area contributed by atoms with Crippen LogP contribution in [0.2, 0.25) is 0 Å². The van der Waals surface area contributed by atoms with Crippen molar-refractivity contribution in [1.29, 1.82) is 0 Å². The van der Waals surface area contributed by atoms with Crippen molar-refractivity contribution < 1.29 is 9.47 Å². The molecule has 2 aromatic carbocycles. The largest absolute Gasteiger partial charge is 0.381 e. The topological polar surface area (TPSA) is 42.8 Å². The van der Waals surface area contributed by atoms with Crippen LogP contribution in [0.25, 0.3) is 0 Å². The molecule has 0 bridgehead atoms. The van der Waals surface area contributed by atoms with Gasteiger partial charge in [-0.15, -0.1) is 0 Å². The van der Waals surface area contributed by atoms with Crippen molar-refractivity contribution in [2.75, 3.05) is 25.6 Å². The summed E-state index contributed by atoms with van der Waals surface area (Å²) in [5.74, 6) is 1.12. The van der Waals surface area contributed by atoms with Gasteiger partial charge in [-0.25, -0.2) is 0 Å². The molecule has 0 aromatic heterocycles. The predicted octanol–water partition coefficient (Wildman–Crippen LogP) is 4.20. The average molecular weight is 350 g/mol. The summed E-state index contributed by atoms with van der Waals surface area (Å²) in [5.41, 5.74) is 5.06. The lowest BCUT2D eigenvalue weighted by atomic mass is 9.71. The summed E-state index contributed by atoms with van der Waals surface area (Å²) in [6, 6.07) is 17.1. The highest BCUT2D eigenvalue weighted by molar-refractivity contribution is 6.02. The van der Waals surface area contributed by atoms with Crippen LogP contribution in [0.4, 0.5) is 5.69 Å². The van der Waals surface area contributed by atoms with Gasteiger partial charge in [-0.1, -0.05) is 42.5 Å². The SMILES string of the molecule is COCc1cccc(CN=C2Nc3ccccc3CC23CCOCC3)c1. The second-order valence-corrected chi connectivity index (χ2v) is 7.27. The molecule has 4 heteroatoms. The van der Waals surface area contributed by atoms with E-state index in [1.807, 2.05) is 0 Å². The van der Waals surface area contributed by atoms with Gasteiger partial charge >= 0.3 is 0 Å². The molecule has 2 heterocycles. The Morgan fingerprint density at radius 1 is 1.08 bits per heavy atom. The summed E-state index contributed by atoms with van der Waals surface area (Å²) in [7, 11) is 1.73. The Kier molecular flexibility index (Phi) is 5.05. The van der Waals surface area contributed by atoms with Crippen LogP contribution in [0.15, 0.2) is 53.5 Å². The minimum absolute atomic E-state index is 0.0801. The third-order valence-electron chi connectivity index (χ3n) is 5.47. The maximum atomic E-state index is 5.64. The Morgan fingerprint density at radius 2 is 1.88 bits per heavy atom. The fraction of sp³-hybridized carbons (Fsp3) is 0.409. The third kappa shape index (κ3) is 3.53. The molecule has 1 fully saturated rings. The molecule has 2 aliphatic rings. The standard InChI is InChI=1S/C22H26N2O2/c1-25-16-18-6-4-5-17(13-18)15-23-21-22(9-11-26-12-10-22)14-19-7-2-3-8-20(19)24-21/h2-8,13H,9-12,14-16H2,1H3,(H,23,24). The van der Waals surface area contributed by atoms with Crippen molar-refractivity contribution in [3.05, 3.63) is 65.2 Å². The van der Waals surface area contributed by atoms with Crippen molar-refractivity contribution in [2.45, 2.75) is 32.4 Å². The van der Waals surface area contributed by atoms with Gasteiger partial charge in [-0.05, 0) is 42.0 Å². The van der Waals surface area contributed by atoms with E-state index >= 15 is 0 Å². The maximum Gasteiger partial charge on any atom is 0.108 e. The van der Waals surface area contributed by atoms with E-state index in [-0.39, 0.29) is 5.41 Å². The van der Waals surface area contributed by atoms with Crippen molar-refractivity contribution >= 4 is 11.5 Å². The van der Waals surface area contributed by atoms with E-state index in [1.54, 1.807) is 7.11 Å². The Labute approximate surface area is 155 Å². The van der Waals surface area contributed by atoms with Crippen molar-refractivity contribution in [2.24, 2.45) is 10.4 Å². The number of aliphatic imine (C=N–C) groups is 1. The van der Waals surface area contributed by atoms with Crippen molar-refractivity contribution in [3.8, 4) is 0 Å². The summed E-state index contributed by atoms with van der Waals surface area (Å²) < 4.78 is 10.9. The molecule has 4 nitrogen and oxygen atoms in total. The normalized spacial score (nSPS) is 20.0. The molecule has 1 N–H and O–H groups in total. The van der Waals surface area contributed by atoms with Gasteiger partial charge in [0.1, 0.15) is 5.84 Å². The number of benzene rings is 2. The van der Waals surface area contributed by atoms with E-state index in [0.717, 1.165) is 38.3 Å². The smallest absolute Gasteiger partial charge is 0.108 e. The highest BCUT2D eigenvalue weighted by Gasteiger charge is 2.41. The van der Waals surface area contributed by atoms with E-state index in [4.69, 9.17) is 14.5 Å². The van der Waals surface area contributed by atoms with Gasteiger partial charge in [0.25, 0.3) is 0 Å². The number of amidine groups is 1. The molecule has 0 amide bonds. The maximum absolute atomic E-state index is 5.64. The van der Waals surface area contributed by atoms with Crippen LogP contribution in [-0.2, 0) is 29.0 Å². The first-order valence-electron chi connectivity index (χ1n) is 9.33. The van der Waals surface area contributed by atoms with Crippen molar-refractivity contribution in [1.82, 2.24) is 0 Å². The van der Waals surface area contributed by atoms with Crippen LogP contribution in [0.3, 0.4) is 0 Å². The second-order valence-electron chi connectivity index (χ2n) is 7.27. The highest BCUT2D eigenvalue weighted by atomic mass is 16.5. The summed E-state index contributed by atoms with van der Waals surface area (Å²) >= 11 is 0. The summed E-state index contributed by atoms with van der Waals surface area (Å²) in [6.45, 7) is 2.94. The van der Waals surface area contributed by atoms with Gasteiger partial charge in [-0.3, -0.25) is 4.99 Å². The number of nitrogens with one attached hydrogen (secondary N) is 1. The molecule has 26 heavy (non-hydrogen) atoms. The van der Waals surface area contributed by atoms with Crippen LogP contribution in [0.5, 0.6) is 0 Å². The van der Waals surface area contributed by atoms with Crippen LogP contribution in [0, 0.1) is 5.41 Å². The number of ether oxygens (including phenoxy) is 2. The van der Waals surface area contributed by atoms with Crippen LogP contribution in [0.1, 0.15) is 29.5 Å². The molecule has 2 aromatic rings. The van der Waals surface area contributed by atoms with Gasteiger partial charge in [-0.2, -0.15) is 0 Å². The molecule has 0 saturated carbocycles. The van der Waals surface area contributed by atoms with Crippen LogP contribution < -0.4 is 5.32 Å². The number of anilines is 1. The van der Waals surface area contributed by atoms with E-state index in [1.165, 1.54) is 22.4 Å². The minimum atomic E-state index is 0.0801. The van der Waals surface area contributed by atoms with Gasteiger partial charge in [0.2, 0.25) is 0 Å². The molecule has 4 rings (SSSR count). The number of rotatable bonds is 4. The first-order chi connectivity index (χ1) is 12.8. The first kappa shape index (κ1) is 17.3. The second kappa shape index (κ2) is 7.60. The molecule has 2 aliphatic heterocycles. The number of methoxy groups -OCH3 is 1. The van der Waals surface area contributed by atoms with Crippen LogP contribution >= 0.6 is 0 Å². The Hall–Kier alpha value is -2.17. The lowest BCUT2D eigenvalue weighted by Gasteiger charge is -2.42. The molecular formula is C22H26N2O2. The summed E-state index contributed by atoms with van der Waals surface area (Å²) in [5, 5.41) is 3.64. The number of fused-ring (bicyclic) bond motifs is 1. The zero-order valence-electron chi connectivity index (χ0n) is 15.3. The number of hydrogen-bond acceptors (Lipinski definition) is 3. The van der Waals surface area contributed by atoms with Gasteiger partial charge < -0.3 is 14.8 Å². The number of hydrogen-bond donors (Lipinski definition) is 1. The predicted molar refractivity (Wildman–Crippen MR) is 105 cm³/mol. The summed E-state index contributed by atoms with van der Waals surface area (Å²) in [4.78, 5) is 5.04. The summed E-state index contributed by atoms with van der Waals surface area (Å²) in [6.07, 6.45) is 3.09.